The Morgan fingerprint density at radius 3 is 3.12 bits per heavy atom. The summed E-state index contributed by atoms with van der Waals surface area (Å²) in [6, 6.07) is 3.91. The molecule has 0 fully saturated rings. The summed E-state index contributed by atoms with van der Waals surface area (Å²) in [5.41, 5.74) is 0.931. The first-order valence-electron chi connectivity index (χ1n) is 4.90. The molecular weight excluding hydrogens is 240 g/mol. The van der Waals surface area contributed by atoms with Crippen LogP contribution in [0.15, 0.2) is 30.0 Å². The van der Waals surface area contributed by atoms with E-state index in [1.165, 1.54) is 0 Å². The summed E-state index contributed by atoms with van der Waals surface area (Å²) in [7, 11) is 0. The zero-order valence-electron chi connectivity index (χ0n) is 8.62. The number of imidazole rings is 1. The van der Waals surface area contributed by atoms with Crippen molar-refractivity contribution in [3.8, 4) is 0 Å². The van der Waals surface area contributed by atoms with Gasteiger partial charge in [-0.05, 0) is 18.4 Å². The number of rotatable bonds is 2. The van der Waals surface area contributed by atoms with Crippen LogP contribution in [0.1, 0.15) is 21.6 Å². The van der Waals surface area contributed by atoms with Gasteiger partial charge in [0.15, 0.2) is 0 Å². The third kappa shape index (κ3) is 1.40. The van der Waals surface area contributed by atoms with Gasteiger partial charge in [-0.15, -0.1) is 22.7 Å². The van der Waals surface area contributed by atoms with Crippen molar-refractivity contribution in [1.82, 2.24) is 9.38 Å². The second-order valence-corrected chi connectivity index (χ2v) is 5.78. The molecule has 0 aromatic carbocycles. The molecule has 1 N–H and O–H groups in total. The molecule has 82 valence electrons. The number of thiophene rings is 1. The first-order chi connectivity index (χ1) is 7.77. The maximum atomic E-state index is 10.3. The van der Waals surface area contributed by atoms with Gasteiger partial charge < -0.3 is 5.11 Å². The van der Waals surface area contributed by atoms with Crippen molar-refractivity contribution in [3.05, 3.63) is 45.5 Å². The molecule has 0 saturated heterocycles. The van der Waals surface area contributed by atoms with Crippen molar-refractivity contribution in [1.29, 1.82) is 0 Å². The lowest BCUT2D eigenvalue weighted by molar-refractivity contribution is 0.217. The van der Waals surface area contributed by atoms with E-state index in [1.807, 2.05) is 35.0 Å². The zero-order chi connectivity index (χ0) is 11.1. The predicted molar refractivity (Wildman–Crippen MR) is 66.2 cm³/mol. The van der Waals surface area contributed by atoms with E-state index in [2.05, 4.69) is 4.98 Å². The Balaban J connectivity index is 2.17. The average Bonchev–Trinajstić information content (AvgIpc) is 2.89. The molecule has 3 nitrogen and oxygen atoms in total. The summed E-state index contributed by atoms with van der Waals surface area (Å²) < 4.78 is 1.96. The number of aryl methyl sites for hydroxylation is 1. The summed E-state index contributed by atoms with van der Waals surface area (Å²) in [5, 5.41) is 12.3. The molecule has 0 aliphatic carbocycles. The van der Waals surface area contributed by atoms with Crippen LogP contribution in [-0.4, -0.2) is 14.5 Å². The number of hydrogen-bond donors (Lipinski definition) is 1. The van der Waals surface area contributed by atoms with Crippen LogP contribution in [0, 0.1) is 6.92 Å². The van der Waals surface area contributed by atoms with Crippen LogP contribution in [0.4, 0.5) is 0 Å². The summed E-state index contributed by atoms with van der Waals surface area (Å²) in [4.78, 5) is 7.27. The molecule has 3 aromatic rings. The minimum Gasteiger partial charge on any atom is -0.381 e. The van der Waals surface area contributed by atoms with Crippen molar-refractivity contribution < 1.29 is 5.11 Å². The molecule has 0 amide bonds. The number of aliphatic hydroxyl groups is 1. The Labute approximate surface area is 101 Å². The number of nitrogens with zero attached hydrogens (tertiary/aromatic N) is 2. The average molecular weight is 250 g/mol. The van der Waals surface area contributed by atoms with E-state index in [1.54, 1.807) is 29.0 Å². The summed E-state index contributed by atoms with van der Waals surface area (Å²) in [5.74, 6) is 0. The van der Waals surface area contributed by atoms with Crippen LogP contribution < -0.4 is 0 Å². The number of fused-ring (bicyclic) bond motifs is 1. The summed E-state index contributed by atoms with van der Waals surface area (Å²) >= 11 is 3.23. The van der Waals surface area contributed by atoms with Crippen molar-refractivity contribution in [2.24, 2.45) is 0 Å². The standard InChI is InChI=1S/C11H10N2OS2/c1-7-10(11(14)8-3-2-4-15-8)13-6-12-5-9(13)16-7/h2-6,11,14H,1H3. The van der Waals surface area contributed by atoms with Gasteiger partial charge in [0.1, 0.15) is 17.3 Å². The van der Waals surface area contributed by atoms with Crippen LogP contribution >= 0.6 is 22.7 Å². The molecular formula is C11H10N2OS2. The minimum absolute atomic E-state index is 0.553. The summed E-state index contributed by atoms with van der Waals surface area (Å²) in [6.07, 6.45) is 3.02. The van der Waals surface area contributed by atoms with Gasteiger partial charge in [-0.3, -0.25) is 4.40 Å². The van der Waals surface area contributed by atoms with Crippen LogP contribution in [0.25, 0.3) is 4.83 Å². The van der Waals surface area contributed by atoms with Crippen LogP contribution in [-0.2, 0) is 0 Å². The van der Waals surface area contributed by atoms with E-state index in [0.717, 1.165) is 20.3 Å². The molecule has 0 radical (unpaired) electrons. The topological polar surface area (TPSA) is 37.5 Å². The molecule has 1 unspecified atom stereocenters. The molecule has 0 spiro atoms. The Morgan fingerprint density at radius 2 is 2.38 bits per heavy atom. The van der Waals surface area contributed by atoms with Crippen LogP contribution in [0.3, 0.4) is 0 Å². The SMILES string of the molecule is Cc1sc2cncn2c1C(O)c1cccs1. The van der Waals surface area contributed by atoms with E-state index in [9.17, 15) is 5.11 Å². The fraction of sp³-hybridized carbons (Fsp3) is 0.182. The van der Waals surface area contributed by atoms with E-state index >= 15 is 0 Å². The lowest BCUT2D eigenvalue weighted by atomic mass is 10.2. The lowest BCUT2D eigenvalue weighted by Gasteiger charge is -2.08. The second kappa shape index (κ2) is 3.69. The van der Waals surface area contributed by atoms with E-state index in [4.69, 9.17) is 0 Å². The number of hydrogen-bond acceptors (Lipinski definition) is 4. The maximum absolute atomic E-state index is 10.3. The molecule has 0 aliphatic rings. The molecule has 5 heteroatoms. The normalized spacial score (nSPS) is 13.4. The third-order valence-corrected chi connectivity index (χ3v) is 4.51. The number of aliphatic hydroxyl groups excluding tert-OH is 1. The highest BCUT2D eigenvalue weighted by atomic mass is 32.1. The molecule has 1 atom stereocenters. The van der Waals surface area contributed by atoms with E-state index < -0.39 is 6.10 Å². The van der Waals surface area contributed by atoms with Crippen molar-refractivity contribution >= 4 is 27.5 Å². The molecule has 16 heavy (non-hydrogen) atoms. The largest absolute Gasteiger partial charge is 0.381 e. The van der Waals surface area contributed by atoms with Crippen molar-refractivity contribution in [2.45, 2.75) is 13.0 Å². The van der Waals surface area contributed by atoms with Crippen LogP contribution in [0.2, 0.25) is 0 Å². The molecule has 0 aliphatic heterocycles. The predicted octanol–water partition coefficient (Wildman–Crippen LogP) is 2.85. The highest BCUT2D eigenvalue weighted by molar-refractivity contribution is 7.17. The van der Waals surface area contributed by atoms with E-state index in [-0.39, 0.29) is 0 Å². The third-order valence-electron chi connectivity index (χ3n) is 2.55. The van der Waals surface area contributed by atoms with Crippen molar-refractivity contribution in [2.75, 3.05) is 0 Å². The first kappa shape index (κ1) is 10.0. The van der Waals surface area contributed by atoms with Gasteiger partial charge in [0.2, 0.25) is 0 Å². The van der Waals surface area contributed by atoms with Gasteiger partial charge in [-0.25, -0.2) is 4.98 Å². The molecule has 0 saturated carbocycles. The minimum atomic E-state index is -0.553. The molecule has 0 bridgehead atoms. The molecule has 3 rings (SSSR count). The van der Waals surface area contributed by atoms with Gasteiger partial charge in [0.05, 0.1) is 11.9 Å². The Morgan fingerprint density at radius 1 is 1.50 bits per heavy atom. The monoisotopic (exact) mass is 250 g/mol. The lowest BCUT2D eigenvalue weighted by Crippen LogP contribution is -2.02. The Kier molecular flexibility index (Phi) is 2.31. The van der Waals surface area contributed by atoms with Gasteiger partial charge in [-0.1, -0.05) is 6.07 Å². The maximum Gasteiger partial charge on any atom is 0.130 e. The summed E-state index contributed by atoms with van der Waals surface area (Å²) in [6.45, 7) is 2.03. The quantitative estimate of drug-likeness (QED) is 0.759. The van der Waals surface area contributed by atoms with Gasteiger partial charge >= 0.3 is 0 Å². The van der Waals surface area contributed by atoms with E-state index in [0.29, 0.717) is 0 Å². The number of aromatic nitrogens is 2. The van der Waals surface area contributed by atoms with Gasteiger partial charge in [-0.2, -0.15) is 0 Å². The highest BCUT2D eigenvalue weighted by Crippen LogP contribution is 2.32. The molecule has 3 heterocycles. The Bertz CT molecular complexity index is 609. The fourth-order valence-corrected chi connectivity index (χ4v) is 3.52. The number of thiazole rings is 1. The van der Waals surface area contributed by atoms with Gasteiger partial charge in [0.25, 0.3) is 0 Å². The fourth-order valence-electron chi connectivity index (χ4n) is 1.82. The first-order valence-corrected chi connectivity index (χ1v) is 6.60. The van der Waals surface area contributed by atoms with Gasteiger partial charge in [0, 0.05) is 9.75 Å². The second-order valence-electron chi connectivity index (χ2n) is 3.56. The Hall–Kier alpha value is -1.17. The zero-order valence-corrected chi connectivity index (χ0v) is 10.3. The van der Waals surface area contributed by atoms with Crippen LogP contribution in [0.5, 0.6) is 0 Å². The molecule has 3 aromatic heterocycles. The smallest absolute Gasteiger partial charge is 0.130 e. The van der Waals surface area contributed by atoms with Crippen molar-refractivity contribution in [3.63, 3.8) is 0 Å². The highest BCUT2D eigenvalue weighted by Gasteiger charge is 2.19.